The normalized spacial score (nSPS) is 19.1. The van der Waals surface area contributed by atoms with Gasteiger partial charge in [-0.25, -0.2) is 0 Å². The fourth-order valence-corrected chi connectivity index (χ4v) is 2.80. The Morgan fingerprint density at radius 1 is 1.32 bits per heavy atom. The average Bonchev–Trinajstić information content (AvgIpc) is 2.49. The van der Waals surface area contributed by atoms with Crippen molar-refractivity contribution in [3.05, 3.63) is 29.8 Å². The summed E-state index contributed by atoms with van der Waals surface area (Å²) in [7, 11) is 2.06. The number of aliphatic hydroxyl groups excluding tert-OH is 1. The highest BCUT2D eigenvalue weighted by Gasteiger charge is 2.31. The molecule has 1 aliphatic heterocycles. The third-order valence-corrected chi connectivity index (χ3v) is 4.29. The van der Waals surface area contributed by atoms with E-state index in [0.29, 0.717) is 5.92 Å². The molecule has 0 saturated carbocycles. The van der Waals surface area contributed by atoms with E-state index in [2.05, 4.69) is 11.9 Å². The summed E-state index contributed by atoms with van der Waals surface area (Å²) in [5.74, 6) is 0.511. The lowest BCUT2D eigenvalue weighted by Crippen LogP contribution is -2.36. The van der Waals surface area contributed by atoms with Gasteiger partial charge >= 0.3 is 6.18 Å². The molecular weight excluding hydrogens is 295 g/mol. The minimum Gasteiger partial charge on any atom is -0.493 e. The van der Waals surface area contributed by atoms with Gasteiger partial charge in [-0.15, -0.1) is 0 Å². The molecular formula is C16H22F3NO2. The smallest absolute Gasteiger partial charge is 0.416 e. The minimum absolute atomic E-state index is 0.00660. The van der Waals surface area contributed by atoms with Gasteiger partial charge in [0.15, 0.2) is 0 Å². The van der Waals surface area contributed by atoms with Gasteiger partial charge in [0, 0.05) is 12.5 Å². The Morgan fingerprint density at radius 3 is 2.59 bits per heavy atom. The van der Waals surface area contributed by atoms with Crippen LogP contribution in [0, 0.1) is 11.8 Å². The zero-order valence-corrected chi connectivity index (χ0v) is 12.6. The van der Waals surface area contributed by atoms with Crippen molar-refractivity contribution < 1.29 is 23.0 Å². The fourth-order valence-electron chi connectivity index (χ4n) is 2.80. The molecule has 0 aliphatic carbocycles. The number of alkyl halides is 3. The predicted molar refractivity (Wildman–Crippen MR) is 77.7 cm³/mol. The predicted octanol–water partition coefficient (Wildman–Crippen LogP) is 3.03. The van der Waals surface area contributed by atoms with Gasteiger partial charge in [-0.1, -0.05) is 6.07 Å². The van der Waals surface area contributed by atoms with E-state index in [4.69, 9.17) is 4.74 Å². The van der Waals surface area contributed by atoms with E-state index in [1.54, 1.807) is 0 Å². The van der Waals surface area contributed by atoms with Crippen LogP contribution in [0.25, 0.3) is 0 Å². The van der Waals surface area contributed by atoms with Crippen LogP contribution in [-0.4, -0.2) is 43.4 Å². The van der Waals surface area contributed by atoms with Gasteiger partial charge < -0.3 is 14.7 Å². The second kappa shape index (κ2) is 7.33. The number of aliphatic hydroxyl groups is 1. The first-order valence-electron chi connectivity index (χ1n) is 7.49. The lowest BCUT2D eigenvalue weighted by atomic mass is 9.85. The molecule has 2 rings (SSSR count). The molecule has 0 amide bonds. The summed E-state index contributed by atoms with van der Waals surface area (Å²) in [5.41, 5.74) is -0.718. The maximum atomic E-state index is 12.7. The standard InChI is InChI=1S/C16H22F3NO2/c1-20-7-5-12(6-8-20)13(10-21)11-22-15-4-2-3-14(9-15)16(17,18)19/h2-4,9,12-13,21H,5-8,10-11H2,1H3. The Hall–Kier alpha value is -1.27. The van der Waals surface area contributed by atoms with E-state index in [1.807, 2.05) is 0 Å². The number of piperidine rings is 1. The molecule has 0 radical (unpaired) electrons. The van der Waals surface area contributed by atoms with E-state index >= 15 is 0 Å². The lowest BCUT2D eigenvalue weighted by molar-refractivity contribution is -0.137. The van der Waals surface area contributed by atoms with Crippen molar-refractivity contribution in [3.63, 3.8) is 0 Å². The summed E-state index contributed by atoms with van der Waals surface area (Å²) in [6, 6.07) is 4.87. The largest absolute Gasteiger partial charge is 0.493 e. The number of benzene rings is 1. The quantitative estimate of drug-likeness (QED) is 0.906. The number of rotatable bonds is 5. The Kier molecular flexibility index (Phi) is 5.69. The summed E-state index contributed by atoms with van der Waals surface area (Å²) in [6.07, 6.45) is -2.41. The first kappa shape index (κ1) is 17.1. The van der Waals surface area contributed by atoms with Crippen LogP contribution < -0.4 is 4.74 Å². The highest BCUT2D eigenvalue weighted by atomic mass is 19.4. The molecule has 22 heavy (non-hydrogen) atoms. The van der Waals surface area contributed by atoms with Crippen LogP contribution in [0.15, 0.2) is 24.3 Å². The molecule has 1 aromatic carbocycles. The summed E-state index contributed by atoms with van der Waals surface area (Å²) in [6.45, 7) is 2.19. The topological polar surface area (TPSA) is 32.7 Å². The number of nitrogens with zero attached hydrogens (tertiary/aromatic N) is 1. The zero-order valence-electron chi connectivity index (χ0n) is 12.6. The van der Waals surface area contributed by atoms with Crippen molar-refractivity contribution in [1.29, 1.82) is 0 Å². The first-order valence-corrected chi connectivity index (χ1v) is 7.49. The number of likely N-dealkylation sites (tertiary alicyclic amines) is 1. The van der Waals surface area contributed by atoms with Crippen LogP contribution in [0.4, 0.5) is 13.2 Å². The Labute approximate surface area is 128 Å². The van der Waals surface area contributed by atoms with Gasteiger partial charge in [-0.05, 0) is 57.1 Å². The summed E-state index contributed by atoms with van der Waals surface area (Å²) >= 11 is 0. The van der Waals surface area contributed by atoms with Gasteiger partial charge in [0.25, 0.3) is 0 Å². The minimum atomic E-state index is -4.37. The van der Waals surface area contributed by atoms with Crippen LogP contribution in [0.2, 0.25) is 0 Å². The van der Waals surface area contributed by atoms with Crippen LogP contribution in [0.1, 0.15) is 18.4 Å². The van der Waals surface area contributed by atoms with E-state index in [-0.39, 0.29) is 24.9 Å². The summed E-state index contributed by atoms with van der Waals surface area (Å²) < 4.78 is 43.5. The number of hydrogen-bond donors (Lipinski definition) is 1. The van der Waals surface area contributed by atoms with Crippen molar-refractivity contribution in [3.8, 4) is 5.75 Å². The molecule has 0 bridgehead atoms. The van der Waals surface area contributed by atoms with E-state index in [0.717, 1.165) is 38.1 Å². The lowest BCUT2D eigenvalue weighted by Gasteiger charge is -2.33. The molecule has 1 fully saturated rings. The van der Waals surface area contributed by atoms with Crippen molar-refractivity contribution in [2.75, 3.05) is 33.4 Å². The van der Waals surface area contributed by atoms with Crippen LogP contribution in [-0.2, 0) is 6.18 Å². The highest BCUT2D eigenvalue weighted by Crippen LogP contribution is 2.32. The van der Waals surface area contributed by atoms with Gasteiger partial charge in [0.05, 0.1) is 12.2 Å². The maximum absolute atomic E-state index is 12.7. The third kappa shape index (κ3) is 4.61. The number of ether oxygens (including phenoxy) is 1. The molecule has 124 valence electrons. The van der Waals surface area contributed by atoms with Crippen molar-refractivity contribution in [2.45, 2.75) is 19.0 Å². The van der Waals surface area contributed by atoms with Gasteiger partial charge in [0.1, 0.15) is 5.75 Å². The Balaban J connectivity index is 1.93. The Bertz CT molecular complexity index is 471. The van der Waals surface area contributed by atoms with Crippen molar-refractivity contribution >= 4 is 0 Å². The molecule has 0 spiro atoms. The highest BCUT2D eigenvalue weighted by molar-refractivity contribution is 5.30. The molecule has 1 aliphatic rings. The van der Waals surface area contributed by atoms with Gasteiger partial charge in [-0.3, -0.25) is 0 Å². The third-order valence-electron chi connectivity index (χ3n) is 4.29. The second-order valence-corrected chi connectivity index (χ2v) is 5.92. The monoisotopic (exact) mass is 317 g/mol. The van der Waals surface area contributed by atoms with Gasteiger partial charge in [-0.2, -0.15) is 13.2 Å². The van der Waals surface area contributed by atoms with Crippen LogP contribution >= 0.6 is 0 Å². The van der Waals surface area contributed by atoms with E-state index in [1.165, 1.54) is 12.1 Å². The van der Waals surface area contributed by atoms with Gasteiger partial charge in [0.2, 0.25) is 0 Å². The molecule has 1 atom stereocenters. The summed E-state index contributed by atoms with van der Waals surface area (Å²) in [5, 5.41) is 9.53. The van der Waals surface area contributed by atoms with E-state index in [9.17, 15) is 18.3 Å². The molecule has 6 heteroatoms. The molecule has 1 heterocycles. The van der Waals surface area contributed by atoms with E-state index < -0.39 is 11.7 Å². The first-order chi connectivity index (χ1) is 10.4. The Morgan fingerprint density at radius 2 is 2.00 bits per heavy atom. The number of hydrogen-bond acceptors (Lipinski definition) is 3. The van der Waals surface area contributed by atoms with Crippen molar-refractivity contribution in [2.24, 2.45) is 11.8 Å². The van der Waals surface area contributed by atoms with Crippen LogP contribution in [0.5, 0.6) is 5.75 Å². The molecule has 1 saturated heterocycles. The molecule has 1 unspecified atom stereocenters. The summed E-state index contributed by atoms with van der Waals surface area (Å²) in [4.78, 5) is 2.23. The molecule has 1 N–H and O–H groups in total. The average molecular weight is 317 g/mol. The molecule has 1 aromatic rings. The number of halogens is 3. The fraction of sp³-hybridized carbons (Fsp3) is 0.625. The molecule has 3 nitrogen and oxygen atoms in total. The van der Waals surface area contributed by atoms with Crippen LogP contribution in [0.3, 0.4) is 0 Å². The zero-order chi connectivity index (χ0) is 16.2. The maximum Gasteiger partial charge on any atom is 0.416 e. The second-order valence-electron chi connectivity index (χ2n) is 5.92. The SMILES string of the molecule is CN1CCC(C(CO)COc2cccc(C(F)(F)F)c2)CC1. The van der Waals surface area contributed by atoms with Crippen molar-refractivity contribution in [1.82, 2.24) is 4.90 Å². The molecule has 0 aromatic heterocycles.